The fourth-order valence-corrected chi connectivity index (χ4v) is 2.22. The third-order valence-corrected chi connectivity index (χ3v) is 3.49. The first kappa shape index (κ1) is 15.8. The van der Waals surface area contributed by atoms with Crippen molar-refractivity contribution in [3.05, 3.63) is 60.1 Å². The van der Waals surface area contributed by atoms with E-state index in [1.165, 1.54) is 5.56 Å². The van der Waals surface area contributed by atoms with Crippen LogP contribution in [0.25, 0.3) is 0 Å². The lowest BCUT2D eigenvalue weighted by atomic mass is 10.1. The number of aryl methyl sites for hydroxylation is 1. The Bertz CT molecular complexity index is 467. The summed E-state index contributed by atoms with van der Waals surface area (Å²) in [6.07, 6.45) is 4.99. The van der Waals surface area contributed by atoms with E-state index >= 15 is 0 Å². The molecule has 0 saturated carbocycles. The molecule has 0 aliphatic heterocycles. The van der Waals surface area contributed by atoms with Crippen LogP contribution in [-0.2, 0) is 17.8 Å². The van der Waals surface area contributed by atoms with Gasteiger partial charge in [0.2, 0.25) is 0 Å². The summed E-state index contributed by atoms with van der Waals surface area (Å²) in [4.78, 5) is 0. The molecule has 3 heteroatoms. The average Bonchev–Trinajstić information content (AvgIpc) is 3.03. The normalized spacial score (nSPS) is 12.4. The molecule has 0 amide bonds. The van der Waals surface area contributed by atoms with Gasteiger partial charge in [-0.25, -0.2) is 0 Å². The van der Waals surface area contributed by atoms with Crippen molar-refractivity contribution in [2.45, 2.75) is 38.8 Å². The van der Waals surface area contributed by atoms with E-state index in [1.807, 2.05) is 12.1 Å². The molecule has 2 aromatic rings. The Hall–Kier alpha value is -1.58. The Morgan fingerprint density at radius 1 is 1.14 bits per heavy atom. The van der Waals surface area contributed by atoms with Crippen molar-refractivity contribution in [2.75, 3.05) is 13.2 Å². The smallest absolute Gasteiger partial charge is 0.129 e. The summed E-state index contributed by atoms with van der Waals surface area (Å²) >= 11 is 0. The van der Waals surface area contributed by atoms with Gasteiger partial charge in [-0.05, 0) is 50.4 Å². The molecule has 0 bridgehead atoms. The van der Waals surface area contributed by atoms with Gasteiger partial charge in [0, 0.05) is 12.6 Å². The second-order valence-corrected chi connectivity index (χ2v) is 5.36. The van der Waals surface area contributed by atoms with Crippen molar-refractivity contribution < 1.29 is 9.15 Å². The maximum Gasteiger partial charge on any atom is 0.129 e. The highest BCUT2D eigenvalue weighted by Gasteiger charge is 2.02. The molecule has 1 atom stereocenters. The zero-order chi connectivity index (χ0) is 14.8. The van der Waals surface area contributed by atoms with Crippen molar-refractivity contribution in [1.82, 2.24) is 5.32 Å². The van der Waals surface area contributed by atoms with E-state index in [9.17, 15) is 0 Å². The summed E-state index contributed by atoms with van der Waals surface area (Å²) in [5.41, 5.74) is 1.41. The van der Waals surface area contributed by atoms with Crippen LogP contribution in [0.3, 0.4) is 0 Å². The fourth-order valence-electron chi connectivity index (χ4n) is 2.22. The van der Waals surface area contributed by atoms with E-state index in [4.69, 9.17) is 9.15 Å². The molecule has 1 N–H and O–H groups in total. The number of furan rings is 1. The maximum absolute atomic E-state index is 5.56. The molecule has 0 saturated heterocycles. The molecule has 0 aliphatic rings. The second-order valence-electron chi connectivity index (χ2n) is 5.36. The number of benzene rings is 1. The Kier molecular flexibility index (Phi) is 7.05. The first-order valence-electron chi connectivity index (χ1n) is 7.72. The maximum atomic E-state index is 5.56. The number of hydrogen-bond donors (Lipinski definition) is 1. The minimum absolute atomic E-state index is 0.537. The molecule has 1 aromatic carbocycles. The Labute approximate surface area is 127 Å². The lowest BCUT2D eigenvalue weighted by Crippen LogP contribution is -2.28. The molecule has 3 nitrogen and oxygen atoms in total. The zero-order valence-corrected chi connectivity index (χ0v) is 12.8. The third-order valence-electron chi connectivity index (χ3n) is 3.49. The highest BCUT2D eigenvalue weighted by Crippen LogP contribution is 2.05. The van der Waals surface area contributed by atoms with Crippen molar-refractivity contribution in [1.29, 1.82) is 0 Å². The summed E-state index contributed by atoms with van der Waals surface area (Å²) in [6, 6.07) is 15.0. The molecule has 114 valence electrons. The quantitative estimate of drug-likeness (QED) is 0.675. The molecule has 0 aliphatic carbocycles. The van der Waals surface area contributed by atoms with Crippen LogP contribution >= 0.6 is 0 Å². The number of ether oxygens (including phenoxy) is 1. The molecule has 21 heavy (non-hydrogen) atoms. The minimum atomic E-state index is 0.537. The van der Waals surface area contributed by atoms with Gasteiger partial charge in [0.15, 0.2) is 0 Å². The first-order chi connectivity index (χ1) is 10.3. The van der Waals surface area contributed by atoms with Crippen LogP contribution in [0.5, 0.6) is 0 Å². The highest BCUT2D eigenvalue weighted by atomic mass is 16.5. The summed E-state index contributed by atoms with van der Waals surface area (Å²) < 4.78 is 10.8. The summed E-state index contributed by atoms with van der Waals surface area (Å²) in [5.74, 6) is 0.888. The predicted octanol–water partition coefficient (Wildman–Crippen LogP) is 3.80. The van der Waals surface area contributed by atoms with Crippen molar-refractivity contribution >= 4 is 0 Å². The summed E-state index contributed by atoms with van der Waals surface area (Å²) in [5, 5.41) is 3.54. The van der Waals surface area contributed by atoms with Gasteiger partial charge in [-0.2, -0.15) is 0 Å². The van der Waals surface area contributed by atoms with E-state index in [-0.39, 0.29) is 0 Å². The predicted molar refractivity (Wildman–Crippen MR) is 85.2 cm³/mol. The molecule has 1 heterocycles. The van der Waals surface area contributed by atoms with Crippen molar-refractivity contribution in [3.63, 3.8) is 0 Å². The van der Waals surface area contributed by atoms with Crippen LogP contribution in [-0.4, -0.2) is 19.2 Å². The first-order valence-corrected chi connectivity index (χ1v) is 7.72. The average molecular weight is 287 g/mol. The van der Waals surface area contributed by atoms with Gasteiger partial charge in [-0.3, -0.25) is 0 Å². The van der Waals surface area contributed by atoms with Crippen LogP contribution in [0.4, 0.5) is 0 Å². The third kappa shape index (κ3) is 6.61. The largest absolute Gasteiger partial charge is 0.467 e. The van der Waals surface area contributed by atoms with E-state index in [0.717, 1.165) is 38.2 Å². The summed E-state index contributed by atoms with van der Waals surface area (Å²) in [7, 11) is 0. The fraction of sp³-hybridized carbons (Fsp3) is 0.444. The molecule has 2 rings (SSSR count). The lowest BCUT2D eigenvalue weighted by Gasteiger charge is -2.13. The van der Waals surface area contributed by atoms with Gasteiger partial charge >= 0.3 is 0 Å². The van der Waals surface area contributed by atoms with E-state index in [2.05, 4.69) is 42.6 Å². The van der Waals surface area contributed by atoms with Crippen molar-refractivity contribution in [2.24, 2.45) is 0 Å². The monoisotopic (exact) mass is 287 g/mol. The molecular weight excluding hydrogens is 262 g/mol. The van der Waals surface area contributed by atoms with Gasteiger partial charge < -0.3 is 14.5 Å². The topological polar surface area (TPSA) is 34.4 Å². The molecule has 0 fully saturated rings. The van der Waals surface area contributed by atoms with Gasteiger partial charge in [-0.15, -0.1) is 0 Å². The Morgan fingerprint density at radius 3 is 2.76 bits per heavy atom. The second kappa shape index (κ2) is 9.37. The van der Waals surface area contributed by atoms with Gasteiger partial charge in [0.1, 0.15) is 12.4 Å². The SMILES string of the molecule is CC(CCc1ccccc1)NCCCOCc1ccco1. The molecule has 1 unspecified atom stereocenters. The van der Waals surface area contributed by atoms with E-state index in [1.54, 1.807) is 6.26 Å². The zero-order valence-electron chi connectivity index (χ0n) is 12.8. The van der Waals surface area contributed by atoms with E-state index in [0.29, 0.717) is 12.6 Å². The molecular formula is C18H25NO2. The van der Waals surface area contributed by atoms with Crippen LogP contribution in [0.2, 0.25) is 0 Å². The van der Waals surface area contributed by atoms with Crippen molar-refractivity contribution in [3.8, 4) is 0 Å². The van der Waals surface area contributed by atoms with E-state index < -0.39 is 0 Å². The standard InChI is InChI=1S/C18H25NO2/c1-16(10-11-17-7-3-2-4-8-17)19-12-6-13-20-15-18-9-5-14-21-18/h2-5,7-9,14,16,19H,6,10-13,15H2,1H3. The van der Waals surface area contributed by atoms with Crippen LogP contribution in [0.1, 0.15) is 31.1 Å². The summed E-state index contributed by atoms with van der Waals surface area (Å²) in [6.45, 7) is 4.57. The Morgan fingerprint density at radius 2 is 2.00 bits per heavy atom. The number of hydrogen-bond acceptors (Lipinski definition) is 3. The minimum Gasteiger partial charge on any atom is -0.467 e. The van der Waals surface area contributed by atoms with Gasteiger partial charge in [0.25, 0.3) is 0 Å². The van der Waals surface area contributed by atoms with Crippen LogP contribution in [0.15, 0.2) is 53.1 Å². The lowest BCUT2D eigenvalue weighted by molar-refractivity contribution is 0.103. The molecule has 0 radical (unpaired) electrons. The van der Waals surface area contributed by atoms with Crippen LogP contribution in [0, 0.1) is 0 Å². The highest BCUT2D eigenvalue weighted by molar-refractivity contribution is 5.14. The molecule has 0 spiro atoms. The van der Waals surface area contributed by atoms with Gasteiger partial charge in [0.05, 0.1) is 6.26 Å². The molecule has 1 aromatic heterocycles. The van der Waals surface area contributed by atoms with Gasteiger partial charge in [-0.1, -0.05) is 30.3 Å². The number of nitrogens with one attached hydrogen (secondary N) is 1. The number of rotatable bonds is 10. The Balaban J connectivity index is 1.46. The van der Waals surface area contributed by atoms with Crippen LogP contribution < -0.4 is 5.32 Å².